The summed E-state index contributed by atoms with van der Waals surface area (Å²) in [6.45, 7) is 0.438. The van der Waals surface area contributed by atoms with Gasteiger partial charge < -0.3 is 0 Å². The number of halogens is 3. The summed E-state index contributed by atoms with van der Waals surface area (Å²) >= 11 is 0. The number of nitrogens with zero attached hydrogens (tertiary/aromatic N) is 2. The van der Waals surface area contributed by atoms with Crippen LogP contribution in [0.2, 0.25) is 0 Å². The van der Waals surface area contributed by atoms with E-state index in [0.29, 0.717) is 19.4 Å². The molecule has 1 aromatic heterocycles. The quantitative estimate of drug-likeness (QED) is 0.741. The monoisotopic (exact) mass is 230 g/mol. The van der Waals surface area contributed by atoms with Gasteiger partial charge in [-0.1, -0.05) is 0 Å². The molecule has 0 N–H and O–H groups in total. The first-order valence-corrected chi connectivity index (χ1v) is 4.82. The molecule has 1 fully saturated rings. The number of rotatable bonds is 1. The van der Waals surface area contributed by atoms with Gasteiger partial charge in [-0.3, -0.25) is 9.69 Å². The summed E-state index contributed by atoms with van der Waals surface area (Å²) in [4.78, 5) is 16.4. The Balaban J connectivity index is 2.32. The highest BCUT2D eigenvalue weighted by atomic mass is 19.4. The molecular formula is C10H9F3N2O. The van der Waals surface area contributed by atoms with Crippen LogP contribution in [0.3, 0.4) is 0 Å². The van der Waals surface area contributed by atoms with E-state index in [1.165, 1.54) is 4.90 Å². The van der Waals surface area contributed by atoms with Gasteiger partial charge in [0.15, 0.2) is 0 Å². The van der Waals surface area contributed by atoms with Crippen LogP contribution in [0, 0.1) is 0 Å². The van der Waals surface area contributed by atoms with E-state index in [4.69, 9.17) is 0 Å². The second-order valence-corrected chi connectivity index (χ2v) is 3.55. The molecular weight excluding hydrogens is 221 g/mol. The van der Waals surface area contributed by atoms with Crippen LogP contribution in [0.5, 0.6) is 0 Å². The number of hydrogen-bond acceptors (Lipinski definition) is 2. The lowest BCUT2D eigenvalue weighted by Gasteiger charge is -2.15. The van der Waals surface area contributed by atoms with Gasteiger partial charge in [0.05, 0.1) is 5.56 Å². The number of hydrogen-bond donors (Lipinski definition) is 0. The van der Waals surface area contributed by atoms with Crippen molar-refractivity contribution in [1.29, 1.82) is 0 Å². The van der Waals surface area contributed by atoms with E-state index in [9.17, 15) is 18.0 Å². The Morgan fingerprint density at radius 3 is 2.69 bits per heavy atom. The minimum atomic E-state index is -4.40. The maximum atomic E-state index is 12.4. The van der Waals surface area contributed by atoms with E-state index in [2.05, 4.69) is 4.98 Å². The van der Waals surface area contributed by atoms with Gasteiger partial charge in [-0.05, 0) is 18.6 Å². The lowest BCUT2D eigenvalue weighted by Crippen LogP contribution is -2.25. The van der Waals surface area contributed by atoms with Crippen LogP contribution in [0.4, 0.5) is 19.0 Å². The zero-order chi connectivity index (χ0) is 11.8. The fourth-order valence-corrected chi connectivity index (χ4v) is 1.63. The Hall–Kier alpha value is -1.59. The molecule has 1 saturated heterocycles. The Bertz CT molecular complexity index is 417. The smallest absolute Gasteiger partial charge is 0.297 e. The molecule has 1 aliphatic rings. The van der Waals surface area contributed by atoms with Crippen LogP contribution in [0.25, 0.3) is 0 Å². The summed E-state index contributed by atoms with van der Waals surface area (Å²) in [6, 6.07) is 1.80. The Labute approximate surface area is 89.9 Å². The van der Waals surface area contributed by atoms with Gasteiger partial charge in [-0.2, -0.15) is 13.2 Å². The zero-order valence-electron chi connectivity index (χ0n) is 8.29. The number of carbonyl (C=O) groups is 1. The normalized spacial score (nSPS) is 16.9. The number of carbonyl (C=O) groups excluding carboxylic acids is 1. The third-order valence-corrected chi connectivity index (χ3v) is 2.42. The molecule has 1 amide bonds. The van der Waals surface area contributed by atoms with Crippen molar-refractivity contribution in [1.82, 2.24) is 4.98 Å². The molecule has 0 bridgehead atoms. The molecule has 16 heavy (non-hydrogen) atoms. The van der Waals surface area contributed by atoms with E-state index in [1.54, 1.807) is 0 Å². The molecule has 0 saturated carbocycles. The molecule has 86 valence electrons. The maximum Gasteiger partial charge on any atom is 0.416 e. The van der Waals surface area contributed by atoms with Gasteiger partial charge >= 0.3 is 6.18 Å². The third-order valence-electron chi connectivity index (χ3n) is 2.42. The molecule has 0 spiro atoms. The fourth-order valence-electron chi connectivity index (χ4n) is 1.63. The average molecular weight is 230 g/mol. The van der Waals surface area contributed by atoms with Crippen molar-refractivity contribution in [2.45, 2.75) is 19.0 Å². The molecule has 6 heteroatoms. The number of alkyl halides is 3. The van der Waals surface area contributed by atoms with Crippen LogP contribution >= 0.6 is 0 Å². The molecule has 1 aliphatic heterocycles. The van der Waals surface area contributed by atoms with Crippen LogP contribution in [0.15, 0.2) is 18.3 Å². The summed E-state index contributed by atoms with van der Waals surface area (Å²) < 4.78 is 37.3. The topological polar surface area (TPSA) is 33.2 Å². The minimum absolute atomic E-state index is 0.0809. The van der Waals surface area contributed by atoms with Crippen molar-refractivity contribution in [3.05, 3.63) is 23.9 Å². The first-order chi connectivity index (χ1) is 7.48. The highest BCUT2D eigenvalue weighted by Gasteiger charge is 2.32. The van der Waals surface area contributed by atoms with Gasteiger partial charge in [-0.25, -0.2) is 4.98 Å². The van der Waals surface area contributed by atoms with Crippen LogP contribution in [0.1, 0.15) is 18.4 Å². The minimum Gasteiger partial charge on any atom is -0.297 e. The predicted molar refractivity (Wildman–Crippen MR) is 50.8 cm³/mol. The maximum absolute atomic E-state index is 12.4. The van der Waals surface area contributed by atoms with Gasteiger partial charge in [-0.15, -0.1) is 0 Å². The van der Waals surface area contributed by atoms with Gasteiger partial charge in [0.2, 0.25) is 5.91 Å². The van der Waals surface area contributed by atoms with Crippen molar-refractivity contribution < 1.29 is 18.0 Å². The van der Waals surface area contributed by atoms with Gasteiger partial charge in [0.25, 0.3) is 0 Å². The van der Waals surface area contributed by atoms with E-state index >= 15 is 0 Å². The van der Waals surface area contributed by atoms with E-state index in [1.807, 2.05) is 0 Å². The van der Waals surface area contributed by atoms with Gasteiger partial charge in [0, 0.05) is 19.2 Å². The third kappa shape index (κ3) is 2.00. The lowest BCUT2D eigenvalue weighted by atomic mass is 10.2. The zero-order valence-corrected chi connectivity index (χ0v) is 8.29. The molecule has 2 heterocycles. The van der Waals surface area contributed by atoms with Crippen molar-refractivity contribution >= 4 is 11.7 Å². The van der Waals surface area contributed by atoms with Crippen molar-refractivity contribution in [2.24, 2.45) is 0 Å². The lowest BCUT2D eigenvalue weighted by molar-refractivity contribution is -0.137. The highest BCUT2D eigenvalue weighted by molar-refractivity contribution is 5.94. The summed E-state index contributed by atoms with van der Waals surface area (Å²) in [5, 5.41) is 0. The Morgan fingerprint density at radius 1 is 1.38 bits per heavy atom. The Kier molecular flexibility index (Phi) is 2.57. The largest absolute Gasteiger partial charge is 0.416 e. The van der Waals surface area contributed by atoms with Gasteiger partial charge in [0.1, 0.15) is 5.82 Å². The van der Waals surface area contributed by atoms with Crippen LogP contribution < -0.4 is 4.90 Å². The Morgan fingerprint density at radius 2 is 2.12 bits per heavy atom. The van der Waals surface area contributed by atoms with Crippen LogP contribution in [-0.4, -0.2) is 17.4 Å². The van der Waals surface area contributed by atoms with Crippen molar-refractivity contribution in [2.75, 3.05) is 11.4 Å². The molecule has 0 atom stereocenters. The number of amides is 1. The highest BCUT2D eigenvalue weighted by Crippen LogP contribution is 2.31. The molecule has 0 radical (unpaired) electrons. The summed E-state index contributed by atoms with van der Waals surface area (Å²) in [5.74, 6) is -0.0934. The SMILES string of the molecule is O=C1CCCN1c1cc(C(F)(F)F)ccn1. The molecule has 0 unspecified atom stereocenters. The fraction of sp³-hybridized carbons (Fsp3) is 0.400. The molecule has 0 aromatic carbocycles. The van der Waals surface area contributed by atoms with E-state index in [0.717, 1.165) is 18.3 Å². The molecule has 2 rings (SSSR count). The second-order valence-electron chi connectivity index (χ2n) is 3.55. The van der Waals surface area contributed by atoms with E-state index < -0.39 is 11.7 Å². The number of anilines is 1. The standard InChI is InChI=1S/C10H9F3N2O/c11-10(12,13)7-3-4-14-8(6-7)15-5-1-2-9(15)16/h3-4,6H,1-2,5H2. The predicted octanol–water partition coefficient (Wildman–Crippen LogP) is 2.23. The number of pyridine rings is 1. The van der Waals surface area contributed by atoms with Crippen molar-refractivity contribution in [3.63, 3.8) is 0 Å². The van der Waals surface area contributed by atoms with Crippen LogP contribution in [-0.2, 0) is 11.0 Å². The number of aromatic nitrogens is 1. The summed E-state index contributed by atoms with van der Waals surface area (Å²) in [6.07, 6.45) is -2.29. The first-order valence-electron chi connectivity index (χ1n) is 4.82. The second kappa shape index (κ2) is 3.77. The average Bonchev–Trinajstić information content (AvgIpc) is 2.63. The van der Waals surface area contributed by atoms with Crippen molar-refractivity contribution in [3.8, 4) is 0 Å². The molecule has 0 aliphatic carbocycles. The molecule has 3 nitrogen and oxygen atoms in total. The summed E-state index contributed by atoms with van der Waals surface area (Å²) in [7, 11) is 0. The van der Waals surface area contributed by atoms with E-state index in [-0.39, 0.29) is 11.7 Å². The first kappa shape index (κ1) is 10.9. The summed E-state index contributed by atoms with van der Waals surface area (Å²) in [5.41, 5.74) is -0.780. The molecule has 1 aromatic rings.